The molecule has 2 heterocycles. The lowest BCUT2D eigenvalue weighted by Gasteiger charge is -2.19. The summed E-state index contributed by atoms with van der Waals surface area (Å²) in [7, 11) is 0. The quantitative estimate of drug-likeness (QED) is 0.488. The smallest absolute Gasteiger partial charge is 0.286 e. The molecule has 0 spiro atoms. The van der Waals surface area contributed by atoms with E-state index in [4.69, 9.17) is 4.42 Å². The van der Waals surface area contributed by atoms with Crippen LogP contribution in [0.5, 0.6) is 0 Å². The lowest BCUT2D eigenvalue weighted by molar-refractivity contribution is -0.131. The molecular weight excluding hydrogens is 396 g/mol. The zero-order valence-electron chi connectivity index (χ0n) is 17.9. The number of likely N-dealkylation sites (N-methyl/N-ethyl adjacent to an activating group) is 1. The Balaban J connectivity index is 1.49. The number of amides is 3. The Bertz CT molecular complexity index is 1040. The Morgan fingerprint density at radius 3 is 2.61 bits per heavy atom. The number of furan rings is 1. The monoisotopic (exact) mass is 424 g/mol. The number of fused-ring (bicyclic) bond motifs is 1. The minimum absolute atomic E-state index is 0.0824. The molecule has 0 unspecified atom stereocenters. The highest BCUT2D eigenvalue weighted by atomic mass is 16.3. The molecule has 3 aromatic rings. The van der Waals surface area contributed by atoms with Gasteiger partial charge in [-0.05, 0) is 56.7 Å². The van der Waals surface area contributed by atoms with E-state index in [9.17, 15) is 14.4 Å². The molecular formula is C23H28N4O4. The average molecular weight is 425 g/mol. The Hall–Kier alpha value is -3.55. The number of hydrogen-bond donors (Lipinski definition) is 2. The first-order valence-electron chi connectivity index (χ1n) is 10.5. The minimum Gasteiger partial charge on any atom is -0.459 e. The highest BCUT2D eigenvalue weighted by Crippen LogP contribution is 2.21. The van der Waals surface area contributed by atoms with Gasteiger partial charge in [-0.15, -0.1) is 0 Å². The van der Waals surface area contributed by atoms with Gasteiger partial charge in [0.05, 0.1) is 6.26 Å². The summed E-state index contributed by atoms with van der Waals surface area (Å²) < 4.78 is 6.94. The van der Waals surface area contributed by atoms with Crippen LogP contribution in [0.4, 0.5) is 5.69 Å². The summed E-state index contributed by atoms with van der Waals surface area (Å²) >= 11 is 0. The van der Waals surface area contributed by atoms with Gasteiger partial charge in [0.25, 0.3) is 5.91 Å². The Kier molecular flexibility index (Phi) is 7.48. The van der Waals surface area contributed by atoms with Gasteiger partial charge in [-0.3, -0.25) is 14.4 Å². The number of hydrogen-bond acceptors (Lipinski definition) is 4. The summed E-state index contributed by atoms with van der Waals surface area (Å²) in [5.41, 5.74) is 1.64. The molecule has 8 nitrogen and oxygen atoms in total. The molecule has 0 saturated heterocycles. The molecule has 0 saturated carbocycles. The largest absolute Gasteiger partial charge is 0.459 e. The van der Waals surface area contributed by atoms with Gasteiger partial charge in [0.15, 0.2) is 5.76 Å². The third-order valence-electron chi connectivity index (χ3n) is 5.09. The predicted molar refractivity (Wildman–Crippen MR) is 119 cm³/mol. The van der Waals surface area contributed by atoms with Crippen molar-refractivity contribution in [3.8, 4) is 0 Å². The predicted octanol–water partition coefficient (Wildman–Crippen LogP) is 3.25. The van der Waals surface area contributed by atoms with E-state index in [0.29, 0.717) is 38.3 Å². The normalized spacial score (nSPS) is 10.8. The standard InChI is InChI=1S/C23H28N4O4/c1-3-26(4-2)22(29)16-27-13-11-17-15-18(9-10-19(17)27)25-21(28)8-5-12-24-23(30)20-7-6-14-31-20/h6-7,9-11,13-15H,3-5,8,12,16H2,1-2H3,(H,24,30)(H,25,28). The van der Waals surface area contributed by atoms with Crippen LogP contribution in [0.25, 0.3) is 10.9 Å². The molecule has 0 radical (unpaired) electrons. The summed E-state index contributed by atoms with van der Waals surface area (Å²) in [4.78, 5) is 38.2. The van der Waals surface area contributed by atoms with E-state index in [1.807, 2.05) is 48.9 Å². The van der Waals surface area contributed by atoms with Crippen molar-refractivity contribution in [2.24, 2.45) is 0 Å². The molecule has 164 valence electrons. The molecule has 2 N–H and O–H groups in total. The van der Waals surface area contributed by atoms with Gasteiger partial charge in [0.1, 0.15) is 6.54 Å². The highest BCUT2D eigenvalue weighted by molar-refractivity contribution is 5.94. The molecule has 31 heavy (non-hydrogen) atoms. The maximum Gasteiger partial charge on any atom is 0.286 e. The summed E-state index contributed by atoms with van der Waals surface area (Å²) in [6, 6.07) is 10.8. The molecule has 0 aliphatic heterocycles. The number of carbonyl (C=O) groups excluding carboxylic acids is 3. The van der Waals surface area contributed by atoms with E-state index in [2.05, 4.69) is 10.6 Å². The first-order chi connectivity index (χ1) is 15.0. The van der Waals surface area contributed by atoms with E-state index in [1.54, 1.807) is 17.0 Å². The first-order valence-corrected chi connectivity index (χ1v) is 10.5. The van der Waals surface area contributed by atoms with Gasteiger partial charge in [-0.25, -0.2) is 0 Å². The van der Waals surface area contributed by atoms with Crippen LogP contribution < -0.4 is 10.6 Å². The molecule has 1 aromatic carbocycles. The number of benzene rings is 1. The number of anilines is 1. The van der Waals surface area contributed by atoms with Crippen molar-refractivity contribution in [3.05, 3.63) is 54.6 Å². The van der Waals surface area contributed by atoms with E-state index < -0.39 is 0 Å². The summed E-state index contributed by atoms with van der Waals surface area (Å²) in [5.74, 6) is -0.0786. The molecule has 0 aliphatic carbocycles. The number of nitrogens with one attached hydrogen (secondary N) is 2. The van der Waals surface area contributed by atoms with Crippen molar-refractivity contribution in [2.45, 2.75) is 33.2 Å². The Morgan fingerprint density at radius 2 is 1.90 bits per heavy atom. The third kappa shape index (κ3) is 5.75. The number of rotatable bonds is 10. The third-order valence-corrected chi connectivity index (χ3v) is 5.09. The second kappa shape index (κ2) is 10.5. The maximum atomic E-state index is 12.4. The average Bonchev–Trinajstić information content (AvgIpc) is 3.42. The van der Waals surface area contributed by atoms with Crippen LogP contribution >= 0.6 is 0 Å². The summed E-state index contributed by atoms with van der Waals surface area (Å²) in [6.07, 6.45) is 4.13. The van der Waals surface area contributed by atoms with E-state index >= 15 is 0 Å². The molecule has 2 aromatic heterocycles. The fourth-order valence-electron chi connectivity index (χ4n) is 3.41. The van der Waals surface area contributed by atoms with Crippen LogP contribution in [0.2, 0.25) is 0 Å². The van der Waals surface area contributed by atoms with Gasteiger partial charge >= 0.3 is 0 Å². The van der Waals surface area contributed by atoms with E-state index in [-0.39, 0.29) is 29.9 Å². The number of aromatic nitrogens is 1. The SMILES string of the molecule is CCN(CC)C(=O)Cn1ccc2cc(NC(=O)CCCNC(=O)c3ccco3)ccc21. The summed E-state index contributed by atoms with van der Waals surface area (Å²) in [5, 5.41) is 6.55. The lowest BCUT2D eigenvalue weighted by Crippen LogP contribution is -2.33. The van der Waals surface area contributed by atoms with E-state index in [1.165, 1.54) is 6.26 Å². The molecule has 0 fully saturated rings. The minimum atomic E-state index is -0.292. The number of nitrogens with zero attached hydrogens (tertiary/aromatic N) is 2. The molecule has 3 amide bonds. The zero-order chi connectivity index (χ0) is 22.2. The van der Waals surface area contributed by atoms with Crippen LogP contribution in [0, 0.1) is 0 Å². The Labute approximate surface area is 181 Å². The van der Waals surface area contributed by atoms with Crippen LogP contribution in [0.15, 0.2) is 53.3 Å². The van der Waals surface area contributed by atoms with Gasteiger partial charge in [-0.1, -0.05) is 0 Å². The number of carbonyl (C=O) groups is 3. The van der Waals surface area contributed by atoms with Gasteiger partial charge in [0, 0.05) is 48.8 Å². The molecule has 0 atom stereocenters. The van der Waals surface area contributed by atoms with Crippen LogP contribution in [0.1, 0.15) is 37.2 Å². The fraction of sp³-hybridized carbons (Fsp3) is 0.348. The molecule has 8 heteroatoms. The van der Waals surface area contributed by atoms with Gasteiger partial charge in [0.2, 0.25) is 11.8 Å². The van der Waals surface area contributed by atoms with Crippen molar-refractivity contribution >= 4 is 34.3 Å². The topological polar surface area (TPSA) is 96.6 Å². The van der Waals surface area contributed by atoms with Crippen LogP contribution in [-0.2, 0) is 16.1 Å². The maximum absolute atomic E-state index is 12.4. The second-order valence-corrected chi connectivity index (χ2v) is 7.17. The van der Waals surface area contributed by atoms with Crippen LogP contribution in [-0.4, -0.2) is 46.8 Å². The first kappa shape index (κ1) is 22.1. The molecule has 0 bridgehead atoms. The van der Waals surface area contributed by atoms with Gasteiger partial charge < -0.3 is 24.5 Å². The molecule has 3 rings (SSSR count). The summed E-state index contributed by atoms with van der Waals surface area (Å²) in [6.45, 7) is 6.00. The van der Waals surface area contributed by atoms with Crippen molar-refractivity contribution < 1.29 is 18.8 Å². The highest BCUT2D eigenvalue weighted by Gasteiger charge is 2.12. The van der Waals surface area contributed by atoms with Gasteiger partial charge in [-0.2, -0.15) is 0 Å². The van der Waals surface area contributed by atoms with Crippen LogP contribution in [0.3, 0.4) is 0 Å². The molecule has 0 aliphatic rings. The lowest BCUT2D eigenvalue weighted by atomic mass is 10.2. The van der Waals surface area contributed by atoms with Crippen molar-refractivity contribution in [2.75, 3.05) is 25.0 Å². The fourth-order valence-corrected chi connectivity index (χ4v) is 3.41. The van der Waals surface area contributed by atoms with Crippen molar-refractivity contribution in [1.82, 2.24) is 14.8 Å². The van der Waals surface area contributed by atoms with Crippen molar-refractivity contribution in [3.63, 3.8) is 0 Å². The van der Waals surface area contributed by atoms with E-state index in [0.717, 1.165) is 10.9 Å². The second-order valence-electron chi connectivity index (χ2n) is 7.17. The van der Waals surface area contributed by atoms with Crippen molar-refractivity contribution in [1.29, 1.82) is 0 Å². The Morgan fingerprint density at radius 1 is 1.10 bits per heavy atom. The zero-order valence-corrected chi connectivity index (χ0v) is 17.9.